The maximum Gasteiger partial charge on any atom is 0.206 e. The van der Waals surface area contributed by atoms with E-state index in [0.717, 1.165) is 31.3 Å². The summed E-state index contributed by atoms with van der Waals surface area (Å²) >= 11 is 0. The van der Waals surface area contributed by atoms with Gasteiger partial charge in [0, 0.05) is 0 Å². The summed E-state index contributed by atoms with van der Waals surface area (Å²) in [4.78, 5) is 0. The predicted octanol–water partition coefficient (Wildman–Crippen LogP) is 3.36. The molecule has 1 atom stereocenters. The third-order valence-corrected chi connectivity index (χ3v) is 3.18. The molecule has 1 rings (SSSR count). The molecule has 0 aliphatic heterocycles. The molecule has 0 radical (unpaired) electrons. The summed E-state index contributed by atoms with van der Waals surface area (Å²) in [7, 11) is 0. The normalized spacial score (nSPS) is 24.4. The minimum absolute atomic E-state index is 0.624. The largest absolute Gasteiger partial charge is 0.363 e. The molecule has 1 unspecified atom stereocenters. The van der Waals surface area contributed by atoms with Crippen LogP contribution in [-0.4, -0.2) is 11.5 Å². The van der Waals surface area contributed by atoms with E-state index in [1.807, 2.05) is 32.1 Å². The molecule has 2 heteroatoms. The first-order valence-electron chi connectivity index (χ1n) is 5.29. The first-order valence-corrected chi connectivity index (χ1v) is 5.29. The van der Waals surface area contributed by atoms with E-state index in [0.29, 0.717) is 0 Å². The summed E-state index contributed by atoms with van der Waals surface area (Å²) in [6, 6.07) is 0. The van der Waals surface area contributed by atoms with E-state index in [2.05, 4.69) is 0 Å². The van der Waals surface area contributed by atoms with Gasteiger partial charge in [-0.05, 0) is 32.3 Å². The second-order valence-electron chi connectivity index (χ2n) is 3.94. The lowest BCUT2D eigenvalue weighted by molar-refractivity contribution is -0.0508. The molecule has 0 bridgehead atoms. The zero-order valence-electron chi connectivity index (χ0n) is 8.96. The van der Waals surface area contributed by atoms with Gasteiger partial charge in [-0.3, -0.25) is 0 Å². The second kappa shape index (κ2) is 4.74. The van der Waals surface area contributed by atoms with Crippen LogP contribution in [0.4, 0.5) is 4.39 Å². The summed E-state index contributed by atoms with van der Waals surface area (Å²) in [6.45, 7) is 3.81. The Labute approximate surface area is 85.3 Å². The van der Waals surface area contributed by atoms with Gasteiger partial charge in [0.2, 0.25) is 6.36 Å². The molecule has 0 aromatic carbocycles. The van der Waals surface area contributed by atoms with Gasteiger partial charge in [0.15, 0.2) is 0 Å². The number of allylic oxidation sites excluding steroid dienone is 3. The van der Waals surface area contributed by atoms with Gasteiger partial charge in [0.05, 0.1) is 5.41 Å². The Morgan fingerprint density at radius 2 is 1.93 bits per heavy atom. The van der Waals surface area contributed by atoms with Crippen molar-refractivity contribution in [2.24, 2.45) is 5.41 Å². The molecule has 0 saturated heterocycles. The summed E-state index contributed by atoms with van der Waals surface area (Å²) in [6.07, 6.45) is 7.53. The number of hydrogen-bond acceptors (Lipinski definition) is 1. The number of aliphatic hydroxyl groups excluding tert-OH is 1. The van der Waals surface area contributed by atoms with Crippen LogP contribution in [0, 0.1) is 5.41 Å². The highest BCUT2D eigenvalue weighted by atomic mass is 19.1. The highest BCUT2D eigenvalue weighted by Crippen LogP contribution is 2.47. The van der Waals surface area contributed by atoms with Gasteiger partial charge < -0.3 is 5.11 Å². The first kappa shape index (κ1) is 11.4. The lowest BCUT2D eigenvalue weighted by atomic mass is 9.78. The Hall–Kier alpha value is -0.630. The molecule has 1 N–H and O–H groups in total. The molecular weight excluding hydrogens is 179 g/mol. The van der Waals surface area contributed by atoms with Crippen LogP contribution in [0.15, 0.2) is 23.8 Å². The molecule has 0 aromatic rings. The van der Waals surface area contributed by atoms with Gasteiger partial charge in [-0.1, -0.05) is 31.1 Å². The van der Waals surface area contributed by atoms with E-state index in [1.54, 1.807) is 0 Å². The van der Waals surface area contributed by atoms with Crippen LogP contribution in [0.2, 0.25) is 0 Å². The molecule has 1 nitrogen and oxygen atoms in total. The lowest BCUT2D eigenvalue weighted by Gasteiger charge is -2.30. The fourth-order valence-electron chi connectivity index (χ4n) is 2.40. The van der Waals surface area contributed by atoms with Crippen LogP contribution in [0.5, 0.6) is 0 Å². The molecule has 0 spiro atoms. The highest BCUT2D eigenvalue weighted by molar-refractivity contribution is 5.28. The van der Waals surface area contributed by atoms with E-state index in [-0.39, 0.29) is 0 Å². The number of aliphatic hydroxyl groups is 1. The molecule has 1 fully saturated rings. The lowest BCUT2D eigenvalue weighted by Crippen LogP contribution is -2.30. The van der Waals surface area contributed by atoms with Gasteiger partial charge in [-0.25, -0.2) is 4.39 Å². The monoisotopic (exact) mass is 198 g/mol. The van der Waals surface area contributed by atoms with Gasteiger partial charge in [-0.2, -0.15) is 0 Å². The van der Waals surface area contributed by atoms with Crippen LogP contribution in [0.3, 0.4) is 0 Å². The van der Waals surface area contributed by atoms with E-state index >= 15 is 0 Å². The van der Waals surface area contributed by atoms with Crippen LogP contribution in [0.1, 0.15) is 39.5 Å². The van der Waals surface area contributed by atoms with Crippen molar-refractivity contribution >= 4 is 0 Å². The van der Waals surface area contributed by atoms with Crippen molar-refractivity contribution in [3.8, 4) is 0 Å². The van der Waals surface area contributed by atoms with Crippen molar-refractivity contribution in [3.05, 3.63) is 23.8 Å². The van der Waals surface area contributed by atoms with Crippen molar-refractivity contribution in [3.63, 3.8) is 0 Å². The van der Waals surface area contributed by atoms with E-state index in [9.17, 15) is 9.50 Å². The fourth-order valence-corrected chi connectivity index (χ4v) is 2.40. The number of halogens is 1. The Balaban J connectivity index is 2.97. The topological polar surface area (TPSA) is 20.2 Å². The van der Waals surface area contributed by atoms with Crippen LogP contribution < -0.4 is 0 Å². The fraction of sp³-hybridized carbons (Fsp3) is 0.667. The standard InChI is InChI=1S/C12H19FO/c1-3-7-10(4-2)12(11(13)14)8-5-6-9-12/h3-4,7,11,14H,5-6,8-9H2,1-2H3/b7-3-,10-4+. The van der Waals surface area contributed by atoms with Crippen molar-refractivity contribution in [1.82, 2.24) is 0 Å². The predicted molar refractivity (Wildman–Crippen MR) is 56.6 cm³/mol. The summed E-state index contributed by atoms with van der Waals surface area (Å²) in [5.74, 6) is 0. The third-order valence-electron chi connectivity index (χ3n) is 3.18. The van der Waals surface area contributed by atoms with Gasteiger partial charge >= 0.3 is 0 Å². The zero-order chi connectivity index (χ0) is 10.6. The van der Waals surface area contributed by atoms with Gasteiger partial charge in [0.1, 0.15) is 0 Å². The number of rotatable bonds is 3. The Morgan fingerprint density at radius 3 is 2.29 bits per heavy atom. The average Bonchev–Trinajstić information content (AvgIpc) is 2.64. The Morgan fingerprint density at radius 1 is 1.36 bits per heavy atom. The van der Waals surface area contributed by atoms with Crippen LogP contribution in [0.25, 0.3) is 0 Å². The Bertz CT molecular complexity index is 235. The van der Waals surface area contributed by atoms with Crippen molar-refractivity contribution in [1.29, 1.82) is 0 Å². The van der Waals surface area contributed by atoms with Crippen LogP contribution >= 0.6 is 0 Å². The minimum Gasteiger partial charge on any atom is -0.363 e. The maximum atomic E-state index is 13.3. The molecular formula is C12H19FO. The Kier molecular flexibility index (Phi) is 3.87. The highest BCUT2D eigenvalue weighted by Gasteiger charge is 2.42. The number of alkyl halides is 1. The quantitative estimate of drug-likeness (QED) is 0.689. The third kappa shape index (κ3) is 1.90. The maximum absolute atomic E-state index is 13.3. The SMILES string of the molecule is C/C=C\C(=C/C)C1(C(O)F)CCCC1. The molecule has 1 aliphatic carbocycles. The van der Waals surface area contributed by atoms with Crippen LogP contribution in [-0.2, 0) is 0 Å². The molecule has 1 saturated carbocycles. The van der Waals surface area contributed by atoms with Crippen molar-refractivity contribution in [2.75, 3.05) is 0 Å². The molecule has 0 heterocycles. The summed E-state index contributed by atoms with van der Waals surface area (Å²) in [5, 5.41) is 9.29. The van der Waals surface area contributed by atoms with Crippen molar-refractivity contribution < 1.29 is 9.50 Å². The molecule has 14 heavy (non-hydrogen) atoms. The molecule has 0 aromatic heterocycles. The zero-order valence-corrected chi connectivity index (χ0v) is 8.96. The van der Waals surface area contributed by atoms with E-state index in [1.165, 1.54) is 0 Å². The average molecular weight is 198 g/mol. The van der Waals surface area contributed by atoms with E-state index < -0.39 is 11.8 Å². The second-order valence-corrected chi connectivity index (χ2v) is 3.94. The summed E-state index contributed by atoms with van der Waals surface area (Å²) in [5.41, 5.74) is 0.314. The number of hydrogen-bond donors (Lipinski definition) is 1. The molecule has 1 aliphatic rings. The smallest absolute Gasteiger partial charge is 0.206 e. The minimum atomic E-state index is -1.73. The van der Waals surface area contributed by atoms with E-state index in [4.69, 9.17) is 0 Å². The van der Waals surface area contributed by atoms with Crippen molar-refractivity contribution in [2.45, 2.75) is 45.9 Å². The van der Waals surface area contributed by atoms with Gasteiger partial charge in [-0.15, -0.1) is 0 Å². The molecule has 80 valence electrons. The first-order chi connectivity index (χ1) is 6.67. The molecule has 0 amide bonds. The summed E-state index contributed by atoms with van der Waals surface area (Å²) < 4.78 is 13.3. The van der Waals surface area contributed by atoms with Gasteiger partial charge in [0.25, 0.3) is 0 Å².